The van der Waals surface area contributed by atoms with E-state index in [-0.39, 0.29) is 31.0 Å². The molecule has 9 heteroatoms. The molecule has 29 heavy (non-hydrogen) atoms. The third-order valence-corrected chi connectivity index (χ3v) is 4.96. The van der Waals surface area contributed by atoms with Gasteiger partial charge in [-0.3, -0.25) is 9.59 Å². The van der Waals surface area contributed by atoms with Crippen LogP contribution in [0, 0.1) is 17.6 Å². The van der Waals surface area contributed by atoms with E-state index >= 15 is 0 Å². The molecule has 2 aromatic rings. The van der Waals surface area contributed by atoms with Crippen molar-refractivity contribution in [1.82, 2.24) is 5.32 Å². The van der Waals surface area contributed by atoms with E-state index in [1.165, 1.54) is 18.1 Å². The molecule has 2 amide bonds. The number of hydrogen-bond donors (Lipinski definition) is 2. The first-order valence-electron chi connectivity index (χ1n) is 8.84. The SMILES string of the molecule is COc1ccc(Cl)cc1N1CC(C(=O)NCC(O)c2ccc(F)c(F)c2)CC1=O. The highest BCUT2D eigenvalue weighted by molar-refractivity contribution is 6.31. The Balaban J connectivity index is 1.63. The number of carbonyl (C=O) groups is 2. The fraction of sp³-hybridized carbons (Fsp3) is 0.300. The van der Waals surface area contributed by atoms with Gasteiger partial charge in [0.05, 0.1) is 24.8 Å². The lowest BCUT2D eigenvalue weighted by atomic mass is 10.1. The van der Waals surface area contributed by atoms with E-state index in [9.17, 15) is 23.5 Å². The summed E-state index contributed by atoms with van der Waals surface area (Å²) in [6.07, 6.45) is -1.22. The molecule has 6 nitrogen and oxygen atoms in total. The zero-order valence-corrected chi connectivity index (χ0v) is 16.2. The normalized spacial score (nSPS) is 17.3. The number of nitrogens with zero attached hydrogens (tertiary/aromatic N) is 1. The number of benzene rings is 2. The first-order chi connectivity index (χ1) is 13.8. The molecule has 1 aliphatic heterocycles. The molecule has 0 aliphatic carbocycles. The van der Waals surface area contributed by atoms with Gasteiger partial charge in [-0.1, -0.05) is 17.7 Å². The average Bonchev–Trinajstić information content (AvgIpc) is 3.09. The van der Waals surface area contributed by atoms with Crippen molar-refractivity contribution in [1.29, 1.82) is 0 Å². The molecular formula is C20H19ClF2N2O4. The van der Waals surface area contributed by atoms with Crippen LogP contribution in [0.15, 0.2) is 36.4 Å². The summed E-state index contributed by atoms with van der Waals surface area (Å²) in [5.74, 6) is -2.97. The largest absolute Gasteiger partial charge is 0.495 e. The van der Waals surface area contributed by atoms with Crippen LogP contribution in [0.4, 0.5) is 14.5 Å². The lowest BCUT2D eigenvalue weighted by Gasteiger charge is -2.20. The number of anilines is 1. The summed E-state index contributed by atoms with van der Waals surface area (Å²) in [7, 11) is 1.47. The summed E-state index contributed by atoms with van der Waals surface area (Å²) in [6, 6.07) is 7.87. The number of aliphatic hydroxyl groups excluding tert-OH is 1. The summed E-state index contributed by atoms with van der Waals surface area (Å²) >= 11 is 6.01. The van der Waals surface area contributed by atoms with E-state index in [0.717, 1.165) is 12.1 Å². The lowest BCUT2D eigenvalue weighted by molar-refractivity contribution is -0.126. The minimum absolute atomic E-state index is 0.0111. The van der Waals surface area contributed by atoms with E-state index < -0.39 is 29.6 Å². The molecular weight excluding hydrogens is 406 g/mol. The maximum atomic E-state index is 13.3. The summed E-state index contributed by atoms with van der Waals surface area (Å²) in [6.45, 7) is -0.0717. The second kappa shape index (κ2) is 8.75. The van der Waals surface area contributed by atoms with Gasteiger partial charge in [0.2, 0.25) is 11.8 Å². The Morgan fingerprint density at radius 2 is 2.07 bits per heavy atom. The molecule has 0 aromatic heterocycles. The number of nitrogens with one attached hydrogen (secondary N) is 1. The zero-order valence-electron chi connectivity index (χ0n) is 15.5. The smallest absolute Gasteiger partial charge is 0.227 e. The van der Waals surface area contributed by atoms with Gasteiger partial charge in [0.15, 0.2) is 11.6 Å². The first-order valence-corrected chi connectivity index (χ1v) is 9.22. The quantitative estimate of drug-likeness (QED) is 0.747. The van der Waals surface area contributed by atoms with Gasteiger partial charge in [0, 0.05) is 24.5 Å². The molecule has 3 rings (SSSR count). The predicted octanol–water partition coefficient (Wildman–Crippen LogP) is 2.83. The van der Waals surface area contributed by atoms with Crippen molar-refractivity contribution in [2.24, 2.45) is 5.92 Å². The van der Waals surface area contributed by atoms with E-state index in [2.05, 4.69) is 5.32 Å². The third-order valence-electron chi connectivity index (χ3n) is 4.73. The number of ether oxygens (including phenoxy) is 1. The predicted molar refractivity (Wildman–Crippen MR) is 103 cm³/mol. The number of methoxy groups -OCH3 is 1. The first kappa shape index (κ1) is 21.0. The van der Waals surface area contributed by atoms with Gasteiger partial charge >= 0.3 is 0 Å². The van der Waals surface area contributed by atoms with Crippen molar-refractivity contribution in [3.63, 3.8) is 0 Å². The van der Waals surface area contributed by atoms with E-state index in [1.54, 1.807) is 18.2 Å². The van der Waals surface area contributed by atoms with Crippen LogP contribution in [0.25, 0.3) is 0 Å². The van der Waals surface area contributed by atoms with Gasteiger partial charge in [0.25, 0.3) is 0 Å². The summed E-state index contributed by atoms with van der Waals surface area (Å²) in [4.78, 5) is 26.3. The molecule has 0 spiro atoms. The minimum atomic E-state index is -1.21. The van der Waals surface area contributed by atoms with Gasteiger partial charge in [-0.25, -0.2) is 8.78 Å². The molecule has 2 N–H and O–H groups in total. The number of halogens is 3. The molecule has 2 atom stereocenters. The van der Waals surface area contributed by atoms with Gasteiger partial charge in [0.1, 0.15) is 5.75 Å². The number of aliphatic hydroxyl groups is 1. The number of amides is 2. The van der Waals surface area contributed by atoms with Crippen molar-refractivity contribution >= 4 is 29.1 Å². The molecule has 0 radical (unpaired) electrons. The second-order valence-electron chi connectivity index (χ2n) is 6.66. The van der Waals surface area contributed by atoms with Crippen LogP contribution >= 0.6 is 11.6 Å². The van der Waals surface area contributed by atoms with Crippen molar-refractivity contribution in [3.05, 3.63) is 58.6 Å². The number of carbonyl (C=O) groups excluding carboxylic acids is 2. The van der Waals surface area contributed by atoms with Crippen molar-refractivity contribution in [2.45, 2.75) is 12.5 Å². The molecule has 2 unspecified atom stereocenters. The monoisotopic (exact) mass is 424 g/mol. The zero-order chi connectivity index (χ0) is 21.1. The van der Waals surface area contributed by atoms with Crippen molar-refractivity contribution < 1.29 is 28.2 Å². The van der Waals surface area contributed by atoms with Crippen LogP contribution in [-0.2, 0) is 9.59 Å². The lowest BCUT2D eigenvalue weighted by Crippen LogP contribution is -2.35. The van der Waals surface area contributed by atoms with Gasteiger partial charge in [-0.05, 0) is 35.9 Å². The van der Waals surface area contributed by atoms with E-state index in [0.29, 0.717) is 16.5 Å². The second-order valence-corrected chi connectivity index (χ2v) is 7.09. The molecule has 0 saturated carbocycles. The molecule has 1 aliphatic rings. The van der Waals surface area contributed by atoms with Gasteiger partial charge in [-0.2, -0.15) is 0 Å². The molecule has 154 valence electrons. The maximum Gasteiger partial charge on any atom is 0.227 e. The van der Waals surface area contributed by atoms with Crippen LogP contribution in [0.5, 0.6) is 5.75 Å². The summed E-state index contributed by atoms with van der Waals surface area (Å²) in [5, 5.41) is 13.1. The molecule has 2 aromatic carbocycles. The van der Waals surface area contributed by atoms with Crippen LogP contribution in [0.1, 0.15) is 18.1 Å². The Morgan fingerprint density at radius 1 is 1.31 bits per heavy atom. The highest BCUT2D eigenvalue weighted by Crippen LogP contribution is 2.35. The maximum absolute atomic E-state index is 13.3. The van der Waals surface area contributed by atoms with Gasteiger partial charge in [-0.15, -0.1) is 0 Å². The van der Waals surface area contributed by atoms with E-state index in [4.69, 9.17) is 16.3 Å². The Hall–Kier alpha value is -2.71. The molecule has 1 saturated heterocycles. The van der Waals surface area contributed by atoms with E-state index in [1.807, 2.05) is 0 Å². The fourth-order valence-corrected chi connectivity index (χ4v) is 3.34. The fourth-order valence-electron chi connectivity index (χ4n) is 3.17. The summed E-state index contributed by atoms with van der Waals surface area (Å²) in [5.41, 5.74) is 0.610. The topological polar surface area (TPSA) is 78.9 Å². The molecule has 1 heterocycles. The van der Waals surface area contributed by atoms with Crippen LogP contribution in [0.2, 0.25) is 5.02 Å². The summed E-state index contributed by atoms with van der Waals surface area (Å²) < 4.78 is 31.5. The number of hydrogen-bond acceptors (Lipinski definition) is 4. The Kier molecular flexibility index (Phi) is 6.34. The minimum Gasteiger partial charge on any atom is -0.495 e. The van der Waals surface area contributed by atoms with Crippen LogP contribution in [0.3, 0.4) is 0 Å². The standard InChI is InChI=1S/C20H19ClF2N2O4/c1-29-18-5-3-13(21)8-16(18)25-10-12(7-19(25)27)20(28)24-9-17(26)11-2-4-14(22)15(23)6-11/h2-6,8,12,17,26H,7,9-10H2,1H3,(H,24,28). The number of rotatable bonds is 6. The van der Waals surface area contributed by atoms with Crippen LogP contribution < -0.4 is 15.0 Å². The molecule has 1 fully saturated rings. The third kappa shape index (κ3) is 4.65. The highest BCUT2D eigenvalue weighted by atomic mass is 35.5. The Bertz CT molecular complexity index is 941. The molecule has 0 bridgehead atoms. The highest BCUT2D eigenvalue weighted by Gasteiger charge is 2.36. The van der Waals surface area contributed by atoms with Crippen LogP contribution in [-0.4, -0.2) is 37.1 Å². The average molecular weight is 425 g/mol. The van der Waals surface area contributed by atoms with Gasteiger partial charge < -0.3 is 20.1 Å². The van der Waals surface area contributed by atoms with Crippen molar-refractivity contribution in [3.8, 4) is 5.75 Å². The Morgan fingerprint density at radius 3 is 2.76 bits per heavy atom. The Labute approximate surface area is 171 Å². The van der Waals surface area contributed by atoms with Crippen molar-refractivity contribution in [2.75, 3.05) is 25.1 Å².